The van der Waals surface area contributed by atoms with Gasteiger partial charge in [0.1, 0.15) is 0 Å². The van der Waals surface area contributed by atoms with E-state index in [9.17, 15) is 23.1 Å². The van der Waals surface area contributed by atoms with Crippen molar-refractivity contribution < 1.29 is 23.1 Å². The van der Waals surface area contributed by atoms with E-state index >= 15 is 0 Å². The van der Waals surface area contributed by atoms with E-state index < -0.39 is 24.1 Å². The molecule has 0 bridgehead atoms. The number of hydrogen-bond donors (Lipinski definition) is 1. The van der Waals surface area contributed by atoms with E-state index in [1.807, 2.05) is 23.1 Å². The van der Waals surface area contributed by atoms with Crippen molar-refractivity contribution in [1.82, 2.24) is 4.90 Å². The molecule has 0 aliphatic carbocycles. The summed E-state index contributed by atoms with van der Waals surface area (Å²) in [5.41, 5.74) is 2.61. The Kier molecular flexibility index (Phi) is 3.98. The monoisotopic (exact) mass is 366 g/mol. The highest BCUT2D eigenvalue weighted by molar-refractivity contribution is 5.83. The number of carbonyl (C=O) groups is 1. The van der Waals surface area contributed by atoms with Crippen molar-refractivity contribution >= 4 is 11.6 Å². The van der Waals surface area contributed by atoms with Crippen molar-refractivity contribution in [2.24, 2.45) is 16.1 Å². The van der Waals surface area contributed by atoms with Crippen LogP contribution in [0.1, 0.15) is 17.5 Å². The summed E-state index contributed by atoms with van der Waals surface area (Å²) in [6, 6.07) is 5.66. The Balaban J connectivity index is 1.64. The first-order valence-electron chi connectivity index (χ1n) is 8.35. The molecular weight excluding hydrogens is 349 g/mol. The molecule has 0 aromatic heterocycles. The topological polar surface area (TPSA) is 68.5 Å². The number of halogens is 3. The van der Waals surface area contributed by atoms with Gasteiger partial charge in [0, 0.05) is 31.9 Å². The fourth-order valence-electron chi connectivity index (χ4n) is 3.82. The van der Waals surface area contributed by atoms with Crippen LogP contribution in [0.25, 0.3) is 0 Å². The number of aliphatic hydroxyl groups excluding tert-OH is 1. The summed E-state index contributed by atoms with van der Waals surface area (Å²) < 4.78 is 40.1. The molecule has 3 heterocycles. The number of rotatable bonds is 2. The third-order valence-electron chi connectivity index (χ3n) is 5.04. The van der Waals surface area contributed by atoms with Gasteiger partial charge in [0.2, 0.25) is 0 Å². The number of aliphatic hydroxyl groups is 1. The predicted octanol–water partition coefficient (Wildman–Crippen LogP) is 2.59. The number of β-amino-alcohol motifs (C(OH)–C–C–N with tert-alkyl or cyclic N) is 1. The van der Waals surface area contributed by atoms with Crippen LogP contribution < -0.4 is 4.90 Å². The van der Waals surface area contributed by atoms with Gasteiger partial charge in [-0.05, 0) is 23.6 Å². The maximum Gasteiger partial charge on any atom is 0.406 e. The number of alkyl halides is 3. The molecule has 3 aliphatic rings. The summed E-state index contributed by atoms with van der Waals surface area (Å²) in [6.07, 6.45) is -3.40. The first-order chi connectivity index (χ1) is 12.3. The van der Waals surface area contributed by atoms with Gasteiger partial charge in [-0.25, -0.2) is 0 Å². The zero-order valence-electron chi connectivity index (χ0n) is 13.8. The van der Waals surface area contributed by atoms with Crippen LogP contribution in [0.2, 0.25) is 0 Å². The maximum atomic E-state index is 13.4. The van der Waals surface area contributed by atoms with Gasteiger partial charge in [-0.1, -0.05) is 12.1 Å². The summed E-state index contributed by atoms with van der Waals surface area (Å²) in [5.74, 6) is -3.56. The number of carbonyl (C=O) groups excluding carboxylic acids is 1. The highest BCUT2D eigenvalue weighted by Gasteiger charge is 2.50. The first-order valence-corrected chi connectivity index (χ1v) is 8.35. The van der Waals surface area contributed by atoms with Crippen LogP contribution in [0.4, 0.5) is 18.9 Å². The lowest BCUT2D eigenvalue weighted by Gasteiger charge is -2.29. The Labute approximate surface area is 147 Å². The van der Waals surface area contributed by atoms with Gasteiger partial charge < -0.3 is 14.9 Å². The lowest BCUT2D eigenvalue weighted by atomic mass is 10.0. The molecule has 6 nitrogen and oxygen atoms in total. The smallest absolute Gasteiger partial charge is 0.391 e. The van der Waals surface area contributed by atoms with Gasteiger partial charge in [-0.3, -0.25) is 4.79 Å². The van der Waals surface area contributed by atoms with Crippen LogP contribution in [0, 0.1) is 5.92 Å². The quantitative estimate of drug-likeness (QED) is 0.874. The van der Waals surface area contributed by atoms with E-state index in [2.05, 4.69) is 10.2 Å². The van der Waals surface area contributed by atoms with Crippen LogP contribution in [0.15, 0.2) is 40.3 Å². The normalized spacial score (nSPS) is 25.7. The molecule has 2 atom stereocenters. The number of hydrogen-bond acceptors (Lipinski definition) is 5. The molecule has 3 aliphatic heterocycles. The number of azo groups is 1. The molecule has 1 fully saturated rings. The molecule has 0 radical (unpaired) electrons. The second kappa shape index (κ2) is 6.08. The minimum atomic E-state index is -4.71. The Morgan fingerprint density at radius 3 is 2.69 bits per heavy atom. The van der Waals surface area contributed by atoms with E-state index in [4.69, 9.17) is 0 Å². The second-order valence-corrected chi connectivity index (χ2v) is 6.74. The standard InChI is InChI=1S/C17H17F3N4O2/c18-17(19,20)15-14(6-21-22-16(15)26)24-7-10-2-1-3-13(12(10)9-24)23-5-4-11(25)8-23/h1-3,6,11,15,25H,4-5,7-9H2. The van der Waals surface area contributed by atoms with Crippen LogP contribution in [0.5, 0.6) is 0 Å². The van der Waals surface area contributed by atoms with Crippen molar-refractivity contribution in [3.8, 4) is 0 Å². The van der Waals surface area contributed by atoms with E-state index in [-0.39, 0.29) is 18.8 Å². The molecule has 2 unspecified atom stereocenters. The van der Waals surface area contributed by atoms with E-state index in [0.29, 0.717) is 19.5 Å². The van der Waals surface area contributed by atoms with Gasteiger partial charge in [0.15, 0.2) is 5.92 Å². The highest BCUT2D eigenvalue weighted by Crippen LogP contribution is 2.41. The Hall–Kier alpha value is -2.42. The summed E-state index contributed by atoms with van der Waals surface area (Å²) in [4.78, 5) is 15.3. The number of fused-ring (bicyclic) bond motifs is 1. The molecular formula is C17H17F3N4O2. The van der Waals surface area contributed by atoms with Crippen molar-refractivity contribution in [1.29, 1.82) is 0 Å². The molecule has 4 rings (SSSR count). The molecule has 0 spiro atoms. The Bertz CT molecular complexity index is 806. The first kappa shape index (κ1) is 17.0. The number of nitrogens with zero attached hydrogens (tertiary/aromatic N) is 4. The molecule has 1 saturated heterocycles. The molecule has 138 valence electrons. The highest BCUT2D eigenvalue weighted by atomic mass is 19.4. The van der Waals surface area contributed by atoms with Crippen LogP contribution in [-0.4, -0.2) is 41.3 Å². The zero-order valence-corrected chi connectivity index (χ0v) is 13.8. The fourth-order valence-corrected chi connectivity index (χ4v) is 3.82. The van der Waals surface area contributed by atoms with Crippen LogP contribution in [0.3, 0.4) is 0 Å². The van der Waals surface area contributed by atoms with Crippen LogP contribution in [-0.2, 0) is 17.9 Å². The van der Waals surface area contributed by atoms with E-state index in [1.165, 1.54) is 4.90 Å². The number of amides is 1. The largest absolute Gasteiger partial charge is 0.406 e. The third kappa shape index (κ3) is 2.86. The van der Waals surface area contributed by atoms with Gasteiger partial charge in [-0.2, -0.15) is 18.3 Å². The fraction of sp³-hybridized carbons (Fsp3) is 0.471. The van der Waals surface area contributed by atoms with E-state index in [0.717, 1.165) is 23.0 Å². The molecule has 1 amide bonds. The minimum absolute atomic E-state index is 0.166. The van der Waals surface area contributed by atoms with Crippen molar-refractivity contribution in [3.05, 3.63) is 41.2 Å². The number of benzene rings is 1. The summed E-state index contributed by atoms with van der Waals surface area (Å²) in [5, 5.41) is 16.3. The summed E-state index contributed by atoms with van der Waals surface area (Å²) in [6.45, 7) is 1.76. The molecule has 9 heteroatoms. The van der Waals surface area contributed by atoms with Crippen LogP contribution >= 0.6 is 0 Å². The maximum absolute atomic E-state index is 13.4. The molecule has 1 N–H and O–H groups in total. The minimum Gasteiger partial charge on any atom is -0.391 e. The predicted molar refractivity (Wildman–Crippen MR) is 86.0 cm³/mol. The molecule has 1 aromatic carbocycles. The van der Waals surface area contributed by atoms with Gasteiger partial charge in [-0.15, -0.1) is 5.11 Å². The molecule has 0 saturated carbocycles. The Morgan fingerprint density at radius 2 is 2.00 bits per heavy atom. The average molecular weight is 366 g/mol. The summed E-state index contributed by atoms with van der Waals surface area (Å²) in [7, 11) is 0. The zero-order chi connectivity index (χ0) is 18.5. The van der Waals surface area contributed by atoms with Crippen molar-refractivity contribution in [3.63, 3.8) is 0 Å². The van der Waals surface area contributed by atoms with Gasteiger partial charge in [0.05, 0.1) is 18.0 Å². The summed E-state index contributed by atoms with van der Waals surface area (Å²) >= 11 is 0. The average Bonchev–Trinajstić information content (AvgIpc) is 3.19. The molecule has 1 aromatic rings. The lowest BCUT2D eigenvalue weighted by Crippen LogP contribution is -2.38. The van der Waals surface area contributed by atoms with Gasteiger partial charge in [0.25, 0.3) is 5.91 Å². The van der Waals surface area contributed by atoms with E-state index in [1.54, 1.807) is 0 Å². The van der Waals surface area contributed by atoms with Crippen molar-refractivity contribution in [2.75, 3.05) is 18.0 Å². The van der Waals surface area contributed by atoms with Gasteiger partial charge >= 0.3 is 6.18 Å². The second-order valence-electron chi connectivity index (χ2n) is 6.74. The van der Waals surface area contributed by atoms with Crippen molar-refractivity contribution in [2.45, 2.75) is 31.8 Å². The SMILES string of the molecule is O=C1N=NC=C(N2Cc3cccc(N4CCC(O)C4)c3C2)C1C(F)(F)F. The third-order valence-corrected chi connectivity index (χ3v) is 5.04. The number of anilines is 1. The Morgan fingerprint density at radius 1 is 1.19 bits per heavy atom. The molecule has 26 heavy (non-hydrogen) atoms. The lowest BCUT2D eigenvalue weighted by molar-refractivity contribution is -0.177.